The van der Waals surface area contributed by atoms with Crippen LogP contribution in [0.25, 0.3) is 86.2 Å². The van der Waals surface area contributed by atoms with Crippen molar-refractivity contribution < 1.29 is 0 Å². The van der Waals surface area contributed by atoms with Crippen molar-refractivity contribution in [2.45, 2.75) is 0 Å². The lowest BCUT2D eigenvalue weighted by Crippen LogP contribution is -2.12. The van der Waals surface area contributed by atoms with E-state index in [1.807, 2.05) is 11.3 Å². The largest absolute Gasteiger partial charge is 0.309 e. The molecule has 0 radical (unpaired) electrons. The van der Waals surface area contributed by atoms with Crippen LogP contribution in [-0.2, 0) is 0 Å². The van der Waals surface area contributed by atoms with Gasteiger partial charge in [-0.3, -0.25) is 0 Å². The van der Waals surface area contributed by atoms with E-state index in [0.29, 0.717) is 0 Å². The fraction of sp³-hybridized carbons (Fsp3) is 0. The van der Waals surface area contributed by atoms with Gasteiger partial charge in [-0.1, -0.05) is 194 Å². The van der Waals surface area contributed by atoms with Crippen molar-refractivity contribution in [3.63, 3.8) is 0 Å². The van der Waals surface area contributed by atoms with Crippen LogP contribution in [0.4, 0.5) is 17.1 Å². The third-order valence-corrected chi connectivity index (χ3v) is 12.7. The Hall–Kier alpha value is -7.26. The van der Waals surface area contributed by atoms with Crippen LogP contribution in [-0.4, -0.2) is 0 Å². The molecule has 0 saturated carbocycles. The van der Waals surface area contributed by atoms with E-state index in [9.17, 15) is 0 Å². The van der Waals surface area contributed by atoms with E-state index in [1.54, 1.807) is 0 Å². The van der Waals surface area contributed by atoms with Gasteiger partial charge >= 0.3 is 0 Å². The van der Waals surface area contributed by atoms with Gasteiger partial charge in [-0.2, -0.15) is 0 Å². The first-order valence-corrected chi connectivity index (χ1v) is 20.7. The van der Waals surface area contributed by atoms with Crippen LogP contribution >= 0.6 is 11.3 Å². The third-order valence-electron chi connectivity index (χ3n) is 11.5. The number of thiophene rings is 1. The molecule has 272 valence electrons. The number of fused-ring (bicyclic) bond motifs is 5. The Morgan fingerprint density at radius 1 is 0.293 bits per heavy atom. The fourth-order valence-corrected chi connectivity index (χ4v) is 10.1. The van der Waals surface area contributed by atoms with E-state index >= 15 is 0 Å². The number of anilines is 3. The minimum absolute atomic E-state index is 1.09. The lowest BCUT2D eigenvalue weighted by molar-refractivity contribution is 1.29. The number of rotatable bonds is 7. The molecule has 1 aromatic heterocycles. The molecular formula is C56H37NS. The molecule has 0 unspecified atom stereocenters. The Morgan fingerprint density at radius 2 is 0.793 bits per heavy atom. The fourth-order valence-electron chi connectivity index (χ4n) is 8.85. The molecule has 0 aliphatic rings. The summed E-state index contributed by atoms with van der Waals surface area (Å²) in [6.45, 7) is 0. The highest BCUT2D eigenvalue weighted by Crippen LogP contribution is 2.49. The van der Waals surface area contributed by atoms with Gasteiger partial charge in [-0.15, -0.1) is 11.3 Å². The standard InChI is InChI=1S/C56H37NS/c1-2-16-39(17-3-1)45-27-13-20-41-21-14-28-49(55(41)45)46-23-6-9-31-52(46)57(42-36-34-40(35-37-42)44-26-12-19-38-18-4-5-22-43(38)44)53-32-10-7-24-47(53)50-29-15-30-51-48-25-8-11-33-54(48)58-56(50)51/h1-37H. The molecule has 1 nitrogen and oxygen atoms in total. The average molecular weight is 756 g/mol. The van der Waals surface area contributed by atoms with E-state index in [0.717, 1.165) is 17.1 Å². The van der Waals surface area contributed by atoms with E-state index in [1.165, 1.54) is 86.2 Å². The van der Waals surface area contributed by atoms with Crippen LogP contribution < -0.4 is 4.90 Å². The average Bonchev–Trinajstić information content (AvgIpc) is 3.69. The van der Waals surface area contributed by atoms with Crippen molar-refractivity contribution in [1.82, 2.24) is 0 Å². The second-order valence-corrected chi connectivity index (χ2v) is 15.9. The molecule has 0 fully saturated rings. The molecule has 11 rings (SSSR count). The summed E-state index contributed by atoms with van der Waals surface area (Å²) in [5, 5.41) is 7.57. The number of benzene rings is 10. The highest BCUT2D eigenvalue weighted by molar-refractivity contribution is 7.26. The summed E-state index contributed by atoms with van der Waals surface area (Å²) < 4.78 is 2.61. The number of hydrogen-bond donors (Lipinski definition) is 0. The van der Waals surface area contributed by atoms with Crippen LogP contribution in [0.5, 0.6) is 0 Å². The maximum atomic E-state index is 2.48. The minimum atomic E-state index is 1.09. The molecule has 0 saturated heterocycles. The maximum absolute atomic E-state index is 2.48. The second kappa shape index (κ2) is 14.4. The van der Waals surface area contributed by atoms with Crippen molar-refractivity contribution in [3.8, 4) is 44.5 Å². The number of para-hydroxylation sites is 2. The monoisotopic (exact) mass is 755 g/mol. The van der Waals surface area contributed by atoms with Gasteiger partial charge in [-0.05, 0) is 79.7 Å². The quantitative estimate of drug-likeness (QED) is 0.157. The zero-order chi connectivity index (χ0) is 38.4. The van der Waals surface area contributed by atoms with Gasteiger partial charge in [0.25, 0.3) is 0 Å². The highest BCUT2D eigenvalue weighted by atomic mass is 32.1. The SMILES string of the molecule is c1ccc(-c2cccc3cccc(-c4ccccc4N(c4ccc(-c5cccc6ccccc56)cc4)c4ccccc4-c4cccc5c4sc4ccccc45)c23)cc1. The molecule has 58 heavy (non-hydrogen) atoms. The van der Waals surface area contributed by atoms with Gasteiger partial charge in [0.1, 0.15) is 0 Å². The summed E-state index contributed by atoms with van der Waals surface area (Å²) in [6, 6.07) is 82.0. The van der Waals surface area contributed by atoms with Gasteiger partial charge in [0.2, 0.25) is 0 Å². The Morgan fingerprint density at radius 3 is 1.57 bits per heavy atom. The van der Waals surface area contributed by atoms with Crippen LogP contribution in [0, 0.1) is 0 Å². The molecule has 2 heteroatoms. The van der Waals surface area contributed by atoms with Crippen molar-refractivity contribution in [2.75, 3.05) is 4.90 Å². The molecule has 0 atom stereocenters. The Labute approximate surface area is 342 Å². The molecule has 0 aliphatic heterocycles. The molecule has 0 N–H and O–H groups in total. The van der Waals surface area contributed by atoms with Gasteiger partial charge < -0.3 is 4.90 Å². The van der Waals surface area contributed by atoms with E-state index < -0.39 is 0 Å². The molecule has 0 bridgehead atoms. The molecule has 0 aliphatic carbocycles. The molecule has 0 spiro atoms. The van der Waals surface area contributed by atoms with Crippen molar-refractivity contribution in [2.24, 2.45) is 0 Å². The van der Waals surface area contributed by atoms with Gasteiger partial charge in [0, 0.05) is 42.6 Å². The Bertz CT molecular complexity index is 3270. The zero-order valence-corrected chi connectivity index (χ0v) is 32.5. The van der Waals surface area contributed by atoms with Crippen molar-refractivity contribution in [3.05, 3.63) is 224 Å². The summed E-state index contributed by atoms with van der Waals surface area (Å²) in [7, 11) is 0. The minimum Gasteiger partial charge on any atom is -0.309 e. The number of nitrogens with zero attached hydrogens (tertiary/aromatic N) is 1. The topological polar surface area (TPSA) is 3.24 Å². The Kier molecular flexibility index (Phi) is 8.42. The first kappa shape index (κ1) is 34.0. The first-order valence-electron chi connectivity index (χ1n) is 19.8. The smallest absolute Gasteiger partial charge is 0.0540 e. The zero-order valence-electron chi connectivity index (χ0n) is 31.7. The van der Waals surface area contributed by atoms with Gasteiger partial charge in [-0.25, -0.2) is 0 Å². The normalized spacial score (nSPS) is 11.4. The Balaban J connectivity index is 1.16. The van der Waals surface area contributed by atoms with E-state index in [2.05, 4.69) is 229 Å². The highest BCUT2D eigenvalue weighted by Gasteiger charge is 2.23. The number of hydrogen-bond acceptors (Lipinski definition) is 2. The molecule has 0 amide bonds. The van der Waals surface area contributed by atoms with Crippen LogP contribution in [0.2, 0.25) is 0 Å². The van der Waals surface area contributed by atoms with Crippen molar-refractivity contribution >= 4 is 70.1 Å². The predicted molar refractivity (Wildman–Crippen MR) is 251 cm³/mol. The van der Waals surface area contributed by atoms with Crippen molar-refractivity contribution in [1.29, 1.82) is 0 Å². The first-order chi connectivity index (χ1) is 28.8. The second-order valence-electron chi connectivity index (χ2n) is 14.8. The lowest BCUT2D eigenvalue weighted by Gasteiger charge is -2.30. The molecule has 10 aromatic carbocycles. The summed E-state index contributed by atoms with van der Waals surface area (Å²) >= 11 is 1.88. The maximum Gasteiger partial charge on any atom is 0.0540 e. The predicted octanol–water partition coefficient (Wildman–Crippen LogP) is 16.5. The molecule has 11 aromatic rings. The van der Waals surface area contributed by atoms with Gasteiger partial charge in [0.05, 0.1) is 11.4 Å². The third kappa shape index (κ3) is 5.77. The summed E-state index contributed by atoms with van der Waals surface area (Å²) in [4.78, 5) is 2.48. The molecule has 1 heterocycles. The van der Waals surface area contributed by atoms with Crippen LogP contribution in [0.3, 0.4) is 0 Å². The van der Waals surface area contributed by atoms with Crippen LogP contribution in [0.15, 0.2) is 224 Å². The summed E-state index contributed by atoms with van der Waals surface area (Å²) in [5.41, 5.74) is 13.0. The summed E-state index contributed by atoms with van der Waals surface area (Å²) in [6.07, 6.45) is 0. The van der Waals surface area contributed by atoms with Crippen LogP contribution in [0.1, 0.15) is 0 Å². The lowest BCUT2D eigenvalue weighted by atomic mass is 9.90. The molecular weight excluding hydrogens is 719 g/mol. The van der Waals surface area contributed by atoms with E-state index in [-0.39, 0.29) is 0 Å². The van der Waals surface area contributed by atoms with Gasteiger partial charge in [0.15, 0.2) is 0 Å². The summed E-state index contributed by atoms with van der Waals surface area (Å²) in [5.74, 6) is 0. The van der Waals surface area contributed by atoms with E-state index in [4.69, 9.17) is 0 Å².